The first-order chi connectivity index (χ1) is 18.9. The van der Waals surface area contributed by atoms with Gasteiger partial charge in [-0.25, -0.2) is 14.2 Å². The standard InChI is InChI=1S/C27H31FN6O6/c1-26(2,40-25(29)38)23(36)31-20(15-39-19-11-18(28)13-30-14-19)22(35)34-10-9-21-27(16-34,24(37)33(3)32-21)12-17-7-5-4-6-8-17/h4-8,11,13-14,20H,9-10,12,15-16H2,1-3H3,(H2,29,38)(H,31,36)/t20?,27-/m1/s1. The summed E-state index contributed by atoms with van der Waals surface area (Å²) in [5.41, 5.74) is 3.92. The normalized spacial score (nSPS) is 19.4. The molecule has 212 valence electrons. The molecule has 4 amide bonds. The van der Waals surface area contributed by atoms with E-state index in [2.05, 4.69) is 15.4 Å². The van der Waals surface area contributed by atoms with Crippen LogP contribution in [-0.4, -0.2) is 82.8 Å². The molecule has 0 spiro atoms. The second-order valence-electron chi connectivity index (χ2n) is 10.2. The molecule has 0 radical (unpaired) electrons. The molecule has 40 heavy (non-hydrogen) atoms. The minimum Gasteiger partial charge on any atom is -0.489 e. The topological polar surface area (TPSA) is 157 Å². The smallest absolute Gasteiger partial charge is 0.405 e. The van der Waals surface area contributed by atoms with Crippen molar-refractivity contribution < 1.29 is 33.0 Å². The molecule has 1 unspecified atom stereocenters. The Kier molecular flexibility index (Phi) is 8.03. The number of fused-ring (bicyclic) bond motifs is 1. The number of hydrogen-bond acceptors (Lipinski definition) is 8. The summed E-state index contributed by atoms with van der Waals surface area (Å²) in [5.74, 6) is -2.18. The van der Waals surface area contributed by atoms with Crippen LogP contribution < -0.4 is 15.8 Å². The number of amides is 4. The zero-order chi connectivity index (χ0) is 29.1. The zero-order valence-electron chi connectivity index (χ0n) is 22.4. The third-order valence-corrected chi connectivity index (χ3v) is 6.87. The maximum atomic E-state index is 13.9. The number of primary amides is 1. The number of nitrogens with zero attached hydrogens (tertiary/aromatic N) is 4. The van der Waals surface area contributed by atoms with Gasteiger partial charge in [0, 0.05) is 32.6 Å². The minimum absolute atomic E-state index is 0.0256. The number of nitrogens with two attached hydrogens (primary N) is 1. The fourth-order valence-corrected chi connectivity index (χ4v) is 4.89. The maximum Gasteiger partial charge on any atom is 0.405 e. The van der Waals surface area contributed by atoms with E-state index in [1.54, 1.807) is 7.05 Å². The average Bonchev–Trinajstić information content (AvgIpc) is 3.14. The lowest BCUT2D eigenvalue weighted by Gasteiger charge is -2.40. The number of likely N-dealkylation sites (tertiary alicyclic amines) is 1. The van der Waals surface area contributed by atoms with Crippen LogP contribution in [0.3, 0.4) is 0 Å². The molecule has 1 aromatic carbocycles. The largest absolute Gasteiger partial charge is 0.489 e. The van der Waals surface area contributed by atoms with Gasteiger partial charge < -0.3 is 25.4 Å². The Hall–Kier alpha value is -4.55. The lowest BCUT2D eigenvalue weighted by Crippen LogP contribution is -2.61. The van der Waals surface area contributed by atoms with Gasteiger partial charge in [-0.3, -0.25) is 19.4 Å². The van der Waals surface area contributed by atoms with Gasteiger partial charge in [0.25, 0.3) is 11.8 Å². The third-order valence-electron chi connectivity index (χ3n) is 6.87. The minimum atomic E-state index is -1.70. The van der Waals surface area contributed by atoms with Gasteiger partial charge in [0.1, 0.15) is 29.6 Å². The van der Waals surface area contributed by atoms with E-state index in [0.29, 0.717) is 18.6 Å². The summed E-state index contributed by atoms with van der Waals surface area (Å²) in [6, 6.07) is 9.23. The van der Waals surface area contributed by atoms with Gasteiger partial charge in [-0.05, 0) is 25.8 Å². The molecule has 3 heterocycles. The van der Waals surface area contributed by atoms with Crippen LogP contribution in [0, 0.1) is 11.2 Å². The van der Waals surface area contributed by atoms with Gasteiger partial charge in [0.05, 0.1) is 18.1 Å². The summed E-state index contributed by atoms with van der Waals surface area (Å²) >= 11 is 0. The highest BCUT2D eigenvalue weighted by Crippen LogP contribution is 2.38. The van der Waals surface area contributed by atoms with E-state index in [1.807, 2.05) is 30.3 Å². The van der Waals surface area contributed by atoms with Gasteiger partial charge in [-0.2, -0.15) is 5.10 Å². The van der Waals surface area contributed by atoms with Crippen LogP contribution in [0.15, 0.2) is 53.9 Å². The van der Waals surface area contributed by atoms with Crippen molar-refractivity contribution in [3.05, 3.63) is 60.2 Å². The Morgan fingerprint density at radius 1 is 1.23 bits per heavy atom. The summed E-state index contributed by atoms with van der Waals surface area (Å²) in [6.07, 6.45) is 1.77. The lowest BCUT2D eigenvalue weighted by molar-refractivity contribution is -0.145. The van der Waals surface area contributed by atoms with E-state index in [-0.39, 0.29) is 31.4 Å². The molecule has 1 fully saturated rings. The SMILES string of the molecule is CN1N=C2CCN(C(=O)C(COc3cncc(F)c3)NC(=O)C(C)(C)OC(N)=O)C[C@@]2(Cc2ccccc2)C1=O. The average molecular weight is 555 g/mol. The van der Waals surface area contributed by atoms with Gasteiger partial charge in [0.2, 0.25) is 5.91 Å². The van der Waals surface area contributed by atoms with Crippen molar-refractivity contribution in [1.29, 1.82) is 0 Å². The first-order valence-corrected chi connectivity index (χ1v) is 12.6. The number of carbonyl (C=O) groups is 4. The van der Waals surface area contributed by atoms with Crippen molar-refractivity contribution in [1.82, 2.24) is 20.2 Å². The van der Waals surface area contributed by atoms with Crippen LogP contribution in [0.5, 0.6) is 5.75 Å². The highest BCUT2D eigenvalue weighted by Gasteiger charge is 2.54. The highest BCUT2D eigenvalue weighted by molar-refractivity contribution is 6.13. The van der Waals surface area contributed by atoms with E-state index in [0.717, 1.165) is 17.8 Å². The van der Waals surface area contributed by atoms with Crippen molar-refractivity contribution in [2.24, 2.45) is 16.3 Å². The second kappa shape index (κ2) is 11.3. The summed E-state index contributed by atoms with van der Waals surface area (Å²) in [6.45, 7) is 2.51. The van der Waals surface area contributed by atoms with Crippen LogP contribution >= 0.6 is 0 Å². The quantitative estimate of drug-likeness (QED) is 0.472. The van der Waals surface area contributed by atoms with E-state index < -0.39 is 40.8 Å². The number of halogens is 1. The van der Waals surface area contributed by atoms with E-state index in [9.17, 15) is 23.6 Å². The summed E-state index contributed by atoms with van der Waals surface area (Å²) in [5, 5.41) is 8.32. The molecule has 2 atom stereocenters. The van der Waals surface area contributed by atoms with E-state index in [4.69, 9.17) is 15.2 Å². The number of hydrogen-bond donors (Lipinski definition) is 2. The van der Waals surface area contributed by atoms with Crippen molar-refractivity contribution in [3.8, 4) is 5.75 Å². The van der Waals surface area contributed by atoms with Crippen molar-refractivity contribution in [2.45, 2.75) is 38.3 Å². The number of piperidine rings is 1. The van der Waals surface area contributed by atoms with Crippen LogP contribution in [0.2, 0.25) is 0 Å². The molecule has 2 aliphatic rings. The Bertz CT molecular complexity index is 1340. The number of benzene rings is 1. The molecule has 2 aromatic rings. The van der Waals surface area contributed by atoms with Crippen LogP contribution in [-0.2, 0) is 25.5 Å². The Labute approximate surface area is 230 Å². The van der Waals surface area contributed by atoms with Crippen molar-refractivity contribution >= 4 is 29.5 Å². The number of hydrazone groups is 1. The maximum absolute atomic E-state index is 13.9. The molecule has 12 nitrogen and oxygen atoms in total. The lowest BCUT2D eigenvalue weighted by atomic mass is 9.73. The second-order valence-corrected chi connectivity index (χ2v) is 10.2. The van der Waals surface area contributed by atoms with Crippen molar-refractivity contribution in [2.75, 3.05) is 26.7 Å². The molecule has 4 rings (SSSR count). The Balaban J connectivity index is 1.60. The molecule has 2 aliphatic heterocycles. The predicted octanol–water partition coefficient (Wildman–Crippen LogP) is 1.25. The van der Waals surface area contributed by atoms with Crippen LogP contribution in [0.25, 0.3) is 0 Å². The predicted molar refractivity (Wildman–Crippen MR) is 140 cm³/mol. The molecule has 0 aliphatic carbocycles. The molecule has 0 bridgehead atoms. The number of pyridine rings is 1. The number of rotatable bonds is 9. The van der Waals surface area contributed by atoms with Crippen molar-refractivity contribution in [3.63, 3.8) is 0 Å². The van der Waals surface area contributed by atoms with Crippen LogP contribution in [0.4, 0.5) is 9.18 Å². The Morgan fingerprint density at radius 2 is 1.95 bits per heavy atom. The fraction of sp³-hybridized carbons (Fsp3) is 0.407. The van der Waals surface area contributed by atoms with E-state index >= 15 is 0 Å². The molecule has 3 N–H and O–H groups in total. The molecular formula is C27H31FN6O6. The van der Waals surface area contributed by atoms with Crippen LogP contribution in [0.1, 0.15) is 25.8 Å². The van der Waals surface area contributed by atoms with Gasteiger partial charge >= 0.3 is 6.09 Å². The molecule has 0 saturated carbocycles. The fourth-order valence-electron chi connectivity index (χ4n) is 4.89. The molecule has 1 aromatic heterocycles. The number of aromatic nitrogens is 1. The molecule has 13 heteroatoms. The first kappa shape index (κ1) is 28.5. The monoisotopic (exact) mass is 554 g/mol. The van der Waals surface area contributed by atoms with Gasteiger partial charge in [-0.1, -0.05) is 30.3 Å². The first-order valence-electron chi connectivity index (χ1n) is 12.6. The molecule has 1 saturated heterocycles. The summed E-state index contributed by atoms with van der Waals surface area (Å²) < 4.78 is 24.2. The van der Waals surface area contributed by atoms with Gasteiger partial charge in [-0.15, -0.1) is 0 Å². The zero-order valence-corrected chi connectivity index (χ0v) is 22.4. The van der Waals surface area contributed by atoms with Gasteiger partial charge in [0.15, 0.2) is 5.60 Å². The summed E-state index contributed by atoms with van der Waals surface area (Å²) in [7, 11) is 1.58. The Morgan fingerprint density at radius 3 is 2.62 bits per heavy atom. The number of ether oxygens (including phenoxy) is 2. The highest BCUT2D eigenvalue weighted by atomic mass is 19.1. The van der Waals surface area contributed by atoms with E-state index in [1.165, 1.54) is 30.0 Å². The third kappa shape index (κ3) is 6.03. The summed E-state index contributed by atoms with van der Waals surface area (Å²) in [4.78, 5) is 56.9. The number of carbonyl (C=O) groups excluding carboxylic acids is 4. The number of nitrogens with one attached hydrogen (secondary N) is 1. The molecular weight excluding hydrogens is 523 g/mol.